The van der Waals surface area contributed by atoms with Gasteiger partial charge in [-0.3, -0.25) is 9.59 Å². The number of halogens is 9. The van der Waals surface area contributed by atoms with Crippen LogP contribution < -0.4 is 20.1 Å². The van der Waals surface area contributed by atoms with E-state index in [4.69, 9.17) is 4.74 Å². The molecule has 40 heavy (non-hydrogen) atoms. The van der Waals surface area contributed by atoms with Gasteiger partial charge >= 0.3 is 18.0 Å². The first kappa shape index (κ1) is 31.1. The van der Waals surface area contributed by atoms with E-state index in [1.807, 2.05) is 0 Å². The van der Waals surface area contributed by atoms with Crippen LogP contribution in [-0.2, 0) is 12.2 Å². The first-order valence-corrected chi connectivity index (χ1v) is 12.4. The van der Waals surface area contributed by atoms with Gasteiger partial charge in [0.25, 0.3) is 11.8 Å². The van der Waals surface area contributed by atoms with Crippen molar-refractivity contribution in [2.45, 2.75) is 24.6 Å². The first-order chi connectivity index (χ1) is 18.5. The third kappa shape index (κ3) is 6.16. The third-order valence-corrected chi connectivity index (χ3v) is 6.94. The number of hydrogen-bond acceptors (Lipinski definition) is 4. The van der Waals surface area contributed by atoms with E-state index in [-0.39, 0.29) is 37.1 Å². The minimum Gasteiger partial charge on any atom is -0.619 e. The van der Waals surface area contributed by atoms with Crippen molar-refractivity contribution in [3.63, 3.8) is 0 Å². The largest absolute Gasteiger partial charge is 0.619 e. The zero-order chi connectivity index (χ0) is 30.0. The molecule has 3 aromatic rings. The monoisotopic (exact) mass is 701 g/mol. The smallest absolute Gasteiger partial charge is 0.435 e. The van der Waals surface area contributed by atoms with E-state index in [0.717, 1.165) is 12.4 Å². The highest BCUT2D eigenvalue weighted by Crippen LogP contribution is 2.54. The molecule has 2 aromatic carbocycles. The maximum absolute atomic E-state index is 14.5. The number of methoxy groups -OCH3 is 1. The molecule has 0 radical (unpaired) electrons. The second kappa shape index (κ2) is 11.6. The van der Waals surface area contributed by atoms with Crippen LogP contribution >= 0.6 is 31.9 Å². The molecule has 0 unspecified atom stereocenters. The molecule has 0 saturated heterocycles. The number of ether oxygens (including phenoxy) is 1. The summed E-state index contributed by atoms with van der Waals surface area (Å²) in [6.07, 6.45) is -10.4. The Morgan fingerprint density at radius 1 is 0.925 bits per heavy atom. The minimum atomic E-state index is -6.30. The Morgan fingerprint density at radius 2 is 1.48 bits per heavy atom. The molecule has 7 nitrogen and oxygen atoms in total. The summed E-state index contributed by atoms with van der Waals surface area (Å²) in [4.78, 5) is 25.5. The second-order valence-electron chi connectivity index (χ2n) is 8.04. The zero-order valence-electron chi connectivity index (χ0n) is 19.9. The summed E-state index contributed by atoms with van der Waals surface area (Å²) in [5, 5.41) is 16.2. The normalized spacial score (nSPS) is 12.2. The molecule has 0 saturated carbocycles. The van der Waals surface area contributed by atoms with E-state index < -0.39 is 41.9 Å². The Kier molecular flexibility index (Phi) is 9.03. The van der Waals surface area contributed by atoms with Gasteiger partial charge in [0.15, 0.2) is 18.1 Å². The van der Waals surface area contributed by atoms with Crippen LogP contribution in [0.3, 0.4) is 0 Å². The van der Waals surface area contributed by atoms with Crippen molar-refractivity contribution in [3.8, 4) is 5.75 Å². The van der Waals surface area contributed by atoms with Gasteiger partial charge in [-0.1, -0.05) is 37.9 Å². The quantitative estimate of drug-likeness (QED) is 0.171. The lowest BCUT2D eigenvalue weighted by Gasteiger charge is -2.31. The van der Waals surface area contributed by atoms with Crippen molar-refractivity contribution in [2.24, 2.45) is 0 Å². The molecule has 3 rings (SSSR count). The minimum absolute atomic E-state index is 0.00640. The van der Waals surface area contributed by atoms with Gasteiger partial charge in [0, 0.05) is 33.2 Å². The molecule has 0 aliphatic rings. The summed E-state index contributed by atoms with van der Waals surface area (Å²) in [6, 6.07) is 7.39. The Balaban J connectivity index is 1.85. The molecule has 0 spiro atoms. The summed E-state index contributed by atoms with van der Waals surface area (Å²) in [6.45, 7) is -0.420. The lowest BCUT2D eigenvalue weighted by molar-refractivity contribution is -0.605. The van der Waals surface area contributed by atoms with Gasteiger partial charge in [0.05, 0.1) is 23.9 Å². The average molecular weight is 703 g/mol. The van der Waals surface area contributed by atoms with Crippen LogP contribution in [0.1, 0.15) is 31.8 Å². The zero-order valence-corrected chi connectivity index (χ0v) is 23.1. The van der Waals surface area contributed by atoms with Gasteiger partial charge in [-0.15, -0.1) is 0 Å². The van der Waals surface area contributed by atoms with Gasteiger partial charge in [-0.25, -0.2) is 4.39 Å². The molecule has 16 heteroatoms. The number of rotatable bonds is 7. The van der Waals surface area contributed by atoms with Gasteiger partial charge in [-0.05, 0) is 29.8 Å². The highest BCUT2D eigenvalue weighted by molar-refractivity contribution is 9.11. The van der Waals surface area contributed by atoms with Crippen molar-refractivity contribution in [3.05, 3.63) is 91.3 Å². The molecular weight excluding hydrogens is 687 g/mol. The molecular formula is C24H16Br2F7N3O4. The average Bonchev–Trinajstić information content (AvgIpc) is 2.86. The van der Waals surface area contributed by atoms with Crippen molar-refractivity contribution in [2.75, 3.05) is 12.4 Å². The molecule has 0 fully saturated rings. The number of anilines is 1. The number of carbonyl (C=O) groups excluding carboxylic acids is 2. The number of aromatic nitrogens is 1. The summed E-state index contributed by atoms with van der Waals surface area (Å²) >= 11 is 5.70. The van der Waals surface area contributed by atoms with Crippen LogP contribution in [0, 0.1) is 5.21 Å². The Labute approximate surface area is 238 Å². The van der Waals surface area contributed by atoms with E-state index >= 15 is 0 Å². The number of hydrogen-bond donors (Lipinski definition) is 2. The molecule has 2 amide bonds. The summed E-state index contributed by atoms with van der Waals surface area (Å²) < 4.78 is 98.5. The number of alkyl halides is 7. The second-order valence-corrected chi connectivity index (χ2v) is 9.75. The first-order valence-electron chi connectivity index (χ1n) is 10.8. The fraction of sp³-hybridized carbons (Fsp3) is 0.208. The standard InChI is InChI=1S/C24H16Br2F7N3O4/c1-40-19-14(3-2-4-18(19)35-20(37)12-5-7-36(39)8-6-12)21(38)34-11-15-16(25)9-13(10-17(15)26)22(27,23(28,29)30)24(31,32)33/h2-10H,11H2,1H3,(H,34,38)(H,35,37). The molecule has 0 bridgehead atoms. The van der Waals surface area contributed by atoms with Crippen LogP contribution in [-0.4, -0.2) is 31.3 Å². The van der Waals surface area contributed by atoms with Crippen LogP contribution in [0.25, 0.3) is 0 Å². The molecule has 2 N–H and O–H groups in total. The SMILES string of the molecule is COc1c(NC(=O)c2cc[n+]([O-])cc2)cccc1C(=O)NCc1c(Br)cc(C(F)(C(F)(F)F)C(F)(F)F)cc1Br. The summed E-state index contributed by atoms with van der Waals surface area (Å²) in [7, 11) is 1.22. The number of nitrogens with zero attached hydrogens (tertiary/aromatic N) is 1. The maximum atomic E-state index is 14.5. The maximum Gasteiger partial charge on any atom is 0.435 e. The highest BCUT2D eigenvalue weighted by Gasteiger charge is 2.73. The number of benzene rings is 2. The molecule has 214 valence electrons. The summed E-state index contributed by atoms with van der Waals surface area (Å²) in [5.74, 6) is -1.46. The third-order valence-electron chi connectivity index (χ3n) is 5.52. The van der Waals surface area contributed by atoms with E-state index in [1.165, 1.54) is 37.4 Å². The van der Waals surface area contributed by atoms with Crippen molar-refractivity contribution >= 4 is 49.4 Å². The number of para-hydroxylation sites is 1. The van der Waals surface area contributed by atoms with Crippen molar-refractivity contribution in [1.29, 1.82) is 0 Å². The number of carbonyl (C=O) groups is 2. The van der Waals surface area contributed by atoms with E-state index in [2.05, 4.69) is 42.5 Å². The number of amides is 2. The molecule has 1 aromatic heterocycles. The predicted octanol–water partition coefficient (Wildman–Crippen LogP) is 6.33. The fourth-order valence-corrected chi connectivity index (χ4v) is 4.98. The Morgan fingerprint density at radius 3 is 1.98 bits per heavy atom. The van der Waals surface area contributed by atoms with Crippen LogP contribution in [0.15, 0.2) is 63.8 Å². The number of pyridine rings is 1. The predicted molar refractivity (Wildman–Crippen MR) is 134 cm³/mol. The molecule has 1 heterocycles. The van der Waals surface area contributed by atoms with Crippen LogP contribution in [0.2, 0.25) is 0 Å². The highest BCUT2D eigenvalue weighted by atomic mass is 79.9. The van der Waals surface area contributed by atoms with Crippen molar-refractivity contribution < 1.29 is 49.8 Å². The van der Waals surface area contributed by atoms with Crippen molar-refractivity contribution in [1.82, 2.24) is 5.32 Å². The van der Waals surface area contributed by atoms with E-state index in [1.54, 1.807) is 0 Å². The topological polar surface area (TPSA) is 94.4 Å². The molecule has 0 atom stereocenters. The van der Waals surface area contributed by atoms with Gasteiger partial charge in [-0.2, -0.15) is 31.1 Å². The lowest BCUT2D eigenvalue weighted by Crippen LogP contribution is -2.50. The van der Waals surface area contributed by atoms with E-state index in [0.29, 0.717) is 16.9 Å². The van der Waals surface area contributed by atoms with Crippen LogP contribution in [0.5, 0.6) is 5.75 Å². The molecule has 0 aliphatic carbocycles. The van der Waals surface area contributed by atoms with Crippen LogP contribution in [0.4, 0.5) is 36.4 Å². The summed E-state index contributed by atoms with van der Waals surface area (Å²) in [5.41, 5.74) is -7.20. The molecule has 0 aliphatic heterocycles. The Bertz CT molecular complexity index is 1390. The van der Waals surface area contributed by atoms with Gasteiger partial charge < -0.3 is 20.6 Å². The fourth-order valence-electron chi connectivity index (χ4n) is 3.52. The van der Waals surface area contributed by atoms with Gasteiger partial charge in [0.2, 0.25) is 0 Å². The van der Waals surface area contributed by atoms with E-state index in [9.17, 15) is 45.5 Å². The van der Waals surface area contributed by atoms with Gasteiger partial charge in [0.1, 0.15) is 0 Å². The lowest BCUT2D eigenvalue weighted by atomic mass is 9.93. The Hall–Kier alpha value is -3.40. The number of nitrogens with one attached hydrogen (secondary N) is 2.